The van der Waals surface area contributed by atoms with Crippen molar-refractivity contribution in [3.63, 3.8) is 0 Å². The number of halogens is 1. The first-order valence-electron chi connectivity index (χ1n) is 3.24. The Morgan fingerprint density at radius 1 is 1.40 bits per heavy atom. The molecule has 0 aliphatic rings. The molecule has 0 radical (unpaired) electrons. The third-order valence-corrected chi connectivity index (χ3v) is 2.58. The third-order valence-electron chi connectivity index (χ3n) is 1.41. The van der Waals surface area contributed by atoms with Crippen molar-refractivity contribution in [3.05, 3.63) is 33.3 Å². The molecular weight excluding hydrogens is 273 g/mol. The number of nitro groups is 1. The zero-order valence-corrected chi connectivity index (χ0v) is 8.12. The molecule has 15 heavy (non-hydrogen) atoms. The van der Waals surface area contributed by atoms with Crippen LogP contribution in [0.3, 0.4) is 0 Å². The van der Waals surface area contributed by atoms with Crippen molar-refractivity contribution in [2.75, 3.05) is 0 Å². The van der Waals surface area contributed by atoms with E-state index in [1.807, 2.05) is 0 Å². The van der Waals surface area contributed by atoms with Gasteiger partial charge in [-0.1, -0.05) is 11.6 Å². The van der Waals surface area contributed by atoms with Crippen LogP contribution in [0.5, 0.6) is 0 Å². The van der Waals surface area contributed by atoms with Crippen LogP contribution in [0.15, 0.2) is 23.1 Å². The SMILES string of the molecule is O=[N+]([O-])c1cc(S(=O)(=O)O)ccc1Cl.[KH]. The second-order valence-electron chi connectivity index (χ2n) is 2.35. The predicted molar refractivity (Wildman–Crippen MR) is 55.1 cm³/mol. The van der Waals surface area contributed by atoms with E-state index in [-0.39, 0.29) is 56.4 Å². The summed E-state index contributed by atoms with van der Waals surface area (Å²) in [6.45, 7) is 0. The summed E-state index contributed by atoms with van der Waals surface area (Å²) in [4.78, 5) is 8.95. The molecule has 1 N–H and O–H groups in total. The molecule has 0 aliphatic carbocycles. The summed E-state index contributed by atoms with van der Waals surface area (Å²) in [6.07, 6.45) is 0. The number of nitro benzene ring substituents is 1. The van der Waals surface area contributed by atoms with Crippen LogP contribution in [0.1, 0.15) is 0 Å². The van der Waals surface area contributed by atoms with E-state index >= 15 is 0 Å². The van der Waals surface area contributed by atoms with Crippen molar-refractivity contribution in [1.29, 1.82) is 0 Å². The van der Waals surface area contributed by atoms with Gasteiger partial charge in [-0.3, -0.25) is 14.7 Å². The van der Waals surface area contributed by atoms with Gasteiger partial charge in [0.25, 0.3) is 15.8 Å². The zero-order valence-electron chi connectivity index (χ0n) is 6.55. The quantitative estimate of drug-likeness (QED) is 0.374. The predicted octanol–water partition coefficient (Wildman–Crippen LogP) is 0.846. The minimum atomic E-state index is -4.44. The first-order chi connectivity index (χ1) is 6.32. The van der Waals surface area contributed by atoms with Crippen molar-refractivity contribution in [1.82, 2.24) is 0 Å². The fourth-order valence-corrected chi connectivity index (χ4v) is 1.48. The molecular formula is C6H5ClKNO5S. The van der Waals surface area contributed by atoms with Gasteiger partial charge < -0.3 is 0 Å². The van der Waals surface area contributed by atoms with Gasteiger partial charge in [-0.2, -0.15) is 8.42 Å². The van der Waals surface area contributed by atoms with Crippen molar-refractivity contribution in [2.24, 2.45) is 0 Å². The Kier molecular flexibility index (Phi) is 5.86. The summed E-state index contributed by atoms with van der Waals surface area (Å²) in [5.74, 6) is 0. The van der Waals surface area contributed by atoms with Gasteiger partial charge in [0.2, 0.25) is 0 Å². The third kappa shape index (κ3) is 4.08. The van der Waals surface area contributed by atoms with E-state index < -0.39 is 25.6 Å². The molecule has 1 aromatic carbocycles. The standard InChI is InChI=1S/C6H4ClNO5S.K.H/c7-5-2-1-4(14(11,12)13)3-6(5)8(9)10;;/h1-3H,(H,11,12,13);;. The van der Waals surface area contributed by atoms with Crippen molar-refractivity contribution in [3.8, 4) is 0 Å². The molecule has 0 unspecified atom stereocenters. The summed E-state index contributed by atoms with van der Waals surface area (Å²) in [7, 11) is -4.44. The van der Waals surface area contributed by atoms with Crippen molar-refractivity contribution >= 4 is 78.8 Å². The van der Waals surface area contributed by atoms with Crippen LogP contribution in [0.4, 0.5) is 5.69 Å². The van der Waals surface area contributed by atoms with E-state index in [1.165, 1.54) is 0 Å². The summed E-state index contributed by atoms with van der Waals surface area (Å²) in [5, 5.41) is 10.2. The minimum absolute atomic E-state index is 0. The fourth-order valence-electron chi connectivity index (χ4n) is 0.793. The van der Waals surface area contributed by atoms with Crippen LogP contribution in [0.25, 0.3) is 0 Å². The van der Waals surface area contributed by atoms with Crippen LogP contribution in [0, 0.1) is 10.1 Å². The Morgan fingerprint density at radius 2 is 1.93 bits per heavy atom. The van der Waals surface area contributed by atoms with Crippen molar-refractivity contribution in [2.45, 2.75) is 4.90 Å². The maximum atomic E-state index is 10.6. The van der Waals surface area contributed by atoms with Gasteiger partial charge in [-0.05, 0) is 12.1 Å². The molecule has 6 nitrogen and oxygen atoms in total. The maximum absolute atomic E-state index is 10.6. The van der Waals surface area contributed by atoms with Gasteiger partial charge in [0.1, 0.15) is 9.92 Å². The Bertz CT molecular complexity index is 488. The Hall–Kier alpha value is 0.456. The molecule has 9 heteroatoms. The number of benzene rings is 1. The van der Waals surface area contributed by atoms with E-state index in [0.29, 0.717) is 6.07 Å². The second kappa shape index (κ2) is 5.69. The van der Waals surface area contributed by atoms with Gasteiger partial charge >= 0.3 is 51.4 Å². The molecule has 0 fully saturated rings. The average Bonchev–Trinajstić information content (AvgIpc) is 2.02. The van der Waals surface area contributed by atoms with E-state index in [9.17, 15) is 18.5 Å². The van der Waals surface area contributed by atoms with Crippen molar-refractivity contribution < 1.29 is 17.9 Å². The normalized spacial score (nSPS) is 10.5. The Labute approximate surface area is 133 Å². The Morgan fingerprint density at radius 3 is 2.33 bits per heavy atom. The number of hydrogen-bond acceptors (Lipinski definition) is 4. The molecule has 0 atom stereocenters. The fraction of sp³-hybridized carbons (Fsp3) is 0. The molecule has 0 saturated carbocycles. The summed E-state index contributed by atoms with van der Waals surface area (Å²) in [6, 6.07) is 2.70. The second-order valence-corrected chi connectivity index (χ2v) is 4.17. The summed E-state index contributed by atoms with van der Waals surface area (Å²) < 4.78 is 29.8. The first-order valence-corrected chi connectivity index (χ1v) is 5.05. The topological polar surface area (TPSA) is 97.5 Å². The molecule has 0 heterocycles. The molecule has 0 amide bonds. The molecule has 1 aromatic rings. The molecule has 0 bridgehead atoms. The van der Waals surface area contributed by atoms with Gasteiger partial charge in [-0.25, -0.2) is 0 Å². The number of hydrogen-bond donors (Lipinski definition) is 1. The molecule has 0 aliphatic heterocycles. The van der Waals surface area contributed by atoms with Crippen LogP contribution in [0.2, 0.25) is 5.02 Å². The average molecular weight is 278 g/mol. The van der Waals surface area contributed by atoms with Crippen LogP contribution in [-0.4, -0.2) is 69.3 Å². The van der Waals surface area contributed by atoms with E-state index in [0.717, 1.165) is 12.1 Å². The molecule has 0 spiro atoms. The Balaban J connectivity index is 0.00000196. The monoisotopic (exact) mass is 277 g/mol. The van der Waals surface area contributed by atoms with E-state index in [2.05, 4.69) is 0 Å². The van der Waals surface area contributed by atoms with Gasteiger partial charge in [-0.15, -0.1) is 0 Å². The van der Waals surface area contributed by atoms with E-state index in [1.54, 1.807) is 0 Å². The molecule has 78 valence electrons. The van der Waals surface area contributed by atoms with Crippen LogP contribution >= 0.6 is 11.6 Å². The van der Waals surface area contributed by atoms with Gasteiger partial charge in [0.05, 0.1) is 4.92 Å². The first kappa shape index (κ1) is 15.5. The van der Waals surface area contributed by atoms with Crippen LogP contribution < -0.4 is 0 Å². The number of nitrogens with zero attached hydrogens (tertiary/aromatic N) is 1. The van der Waals surface area contributed by atoms with E-state index in [4.69, 9.17) is 16.2 Å². The zero-order chi connectivity index (χ0) is 10.9. The van der Waals surface area contributed by atoms with Gasteiger partial charge in [0, 0.05) is 6.07 Å². The molecule has 1 rings (SSSR count). The number of rotatable bonds is 2. The molecule has 0 saturated heterocycles. The van der Waals surface area contributed by atoms with Gasteiger partial charge in [0.15, 0.2) is 0 Å². The summed E-state index contributed by atoms with van der Waals surface area (Å²) >= 11 is 5.42. The summed E-state index contributed by atoms with van der Waals surface area (Å²) in [5.41, 5.74) is -0.568. The molecule has 0 aromatic heterocycles. The van der Waals surface area contributed by atoms with Crippen LogP contribution in [-0.2, 0) is 10.1 Å².